The molecule has 0 unspecified atom stereocenters. The van der Waals surface area contributed by atoms with Gasteiger partial charge in [0.1, 0.15) is 12.0 Å². The van der Waals surface area contributed by atoms with Crippen LogP contribution in [0.3, 0.4) is 0 Å². The van der Waals surface area contributed by atoms with Crippen LogP contribution in [0.15, 0.2) is 36.9 Å². The van der Waals surface area contributed by atoms with E-state index >= 15 is 0 Å². The number of primary amides is 1. The number of hydrogen-bond donors (Lipinski definition) is 2. The van der Waals surface area contributed by atoms with E-state index in [0.29, 0.717) is 12.1 Å². The zero-order valence-electron chi connectivity index (χ0n) is 16.4. The number of carbonyl (C=O) groups excluding carboxylic acids is 2. The van der Waals surface area contributed by atoms with Crippen molar-refractivity contribution in [2.75, 3.05) is 0 Å². The average molecular weight is 473 g/mol. The normalized spacial score (nSPS) is 12.9. The summed E-state index contributed by atoms with van der Waals surface area (Å²) in [6.45, 7) is 1.38. The van der Waals surface area contributed by atoms with Crippen LogP contribution in [0.5, 0.6) is 0 Å². The maximum absolute atomic E-state index is 13.0. The first-order valence-corrected chi connectivity index (χ1v) is 8.90. The van der Waals surface area contributed by atoms with E-state index in [1.165, 1.54) is 6.92 Å². The third kappa shape index (κ3) is 5.24. The minimum Gasteiger partial charge on any atom is -0.364 e. The van der Waals surface area contributed by atoms with E-state index in [0.717, 1.165) is 23.4 Å². The molecule has 0 aliphatic heterocycles. The predicted molar refractivity (Wildman–Crippen MR) is 97.8 cm³/mol. The Morgan fingerprint density at radius 3 is 2.06 bits per heavy atom. The van der Waals surface area contributed by atoms with Gasteiger partial charge in [0.25, 0.3) is 11.8 Å². The second-order valence-electron chi connectivity index (χ2n) is 6.64. The number of nitrogens with two attached hydrogens (primary N) is 1. The fourth-order valence-electron chi connectivity index (χ4n) is 2.71. The fraction of sp³-hybridized carbons (Fsp3) is 0.222. The lowest BCUT2D eigenvalue weighted by molar-refractivity contribution is -0.143. The molecule has 2 aromatic heterocycles. The molecule has 3 N–H and O–H groups in total. The number of nitrogens with one attached hydrogen (secondary N) is 1. The summed E-state index contributed by atoms with van der Waals surface area (Å²) in [7, 11) is 0. The zero-order valence-corrected chi connectivity index (χ0v) is 16.4. The largest absolute Gasteiger partial charge is 0.416 e. The van der Waals surface area contributed by atoms with Crippen LogP contribution >= 0.6 is 0 Å². The molecular formula is C18H13F6N7O2. The molecule has 174 valence electrons. The first-order valence-electron chi connectivity index (χ1n) is 8.90. The van der Waals surface area contributed by atoms with Crippen molar-refractivity contribution < 1.29 is 35.9 Å². The number of benzene rings is 1. The molecule has 0 bridgehead atoms. The molecule has 15 heteroatoms. The van der Waals surface area contributed by atoms with Gasteiger partial charge in [0.05, 0.1) is 29.6 Å². The van der Waals surface area contributed by atoms with Crippen molar-refractivity contribution in [3.63, 3.8) is 0 Å². The average Bonchev–Trinajstić information content (AvgIpc) is 3.22. The number of alkyl halides is 6. The van der Waals surface area contributed by atoms with Crippen LogP contribution in [0.1, 0.15) is 50.8 Å². The molecule has 0 saturated heterocycles. The van der Waals surface area contributed by atoms with Gasteiger partial charge >= 0.3 is 12.4 Å². The van der Waals surface area contributed by atoms with Gasteiger partial charge in [0.2, 0.25) is 0 Å². The van der Waals surface area contributed by atoms with Crippen LogP contribution in [-0.2, 0) is 12.4 Å². The molecule has 3 aromatic rings. The highest BCUT2D eigenvalue weighted by Gasteiger charge is 2.37. The first kappa shape index (κ1) is 23.6. The van der Waals surface area contributed by atoms with E-state index < -0.39 is 46.9 Å². The van der Waals surface area contributed by atoms with E-state index in [2.05, 4.69) is 25.4 Å². The predicted octanol–water partition coefficient (Wildman–Crippen LogP) is 2.68. The van der Waals surface area contributed by atoms with Crippen molar-refractivity contribution >= 4 is 11.8 Å². The number of carbonyl (C=O) groups is 2. The highest BCUT2D eigenvalue weighted by atomic mass is 19.4. The van der Waals surface area contributed by atoms with Crippen molar-refractivity contribution in [1.82, 2.24) is 30.0 Å². The second-order valence-corrected chi connectivity index (χ2v) is 6.64. The van der Waals surface area contributed by atoms with E-state index in [9.17, 15) is 35.9 Å². The molecule has 2 heterocycles. The SMILES string of the molecule is C[C@H](NC(=O)c1cc(C(F)(F)F)cc(C(F)(F)F)c1)c1ncnn1-c1cnc(C(N)=O)cn1. The molecule has 3 rings (SSSR count). The molecule has 9 nitrogen and oxygen atoms in total. The topological polar surface area (TPSA) is 129 Å². The van der Waals surface area contributed by atoms with Gasteiger partial charge in [-0.3, -0.25) is 9.59 Å². The quantitative estimate of drug-likeness (QED) is 0.549. The summed E-state index contributed by atoms with van der Waals surface area (Å²) >= 11 is 0. The number of rotatable bonds is 5. The van der Waals surface area contributed by atoms with Crippen LogP contribution in [0.4, 0.5) is 26.3 Å². The van der Waals surface area contributed by atoms with Crippen molar-refractivity contribution in [3.05, 3.63) is 65.1 Å². The molecule has 0 saturated carbocycles. The Labute approximate surface area is 180 Å². The van der Waals surface area contributed by atoms with Gasteiger partial charge in [-0.25, -0.2) is 15.0 Å². The van der Waals surface area contributed by atoms with Gasteiger partial charge in [-0.05, 0) is 25.1 Å². The van der Waals surface area contributed by atoms with Crippen molar-refractivity contribution in [3.8, 4) is 5.82 Å². The van der Waals surface area contributed by atoms with E-state index in [1.54, 1.807) is 0 Å². The Morgan fingerprint density at radius 1 is 0.970 bits per heavy atom. The number of aromatic nitrogens is 5. The first-order chi connectivity index (χ1) is 15.3. The number of halogens is 6. The number of nitrogens with zero attached hydrogens (tertiary/aromatic N) is 5. The van der Waals surface area contributed by atoms with Gasteiger partial charge in [-0.1, -0.05) is 0 Å². The monoisotopic (exact) mass is 473 g/mol. The highest BCUT2D eigenvalue weighted by molar-refractivity contribution is 5.95. The van der Waals surface area contributed by atoms with Crippen LogP contribution in [0.25, 0.3) is 5.82 Å². The Balaban J connectivity index is 1.89. The Hall–Kier alpha value is -4.04. The molecule has 0 aliphatic carbocycles. The number of amides is 2. The molecule has 2 amide bonds. The van der Waals surface area contributed by atoms with Crippen LogP contribution in [-0.4, -0.2) is 36.5 Å². The molecule has 1 atom stereocenters. The summed E-state index contributed by atoms with van der Waals surface area (Å²) in [5.41, 5.74) is 0.858. The summed E-state index contributed by atoms with van der Waals surface area (Å²) in [5.74, 6) is -1.93. The summed E-state index contributed by atoms with van der Waals surface area (Å²) in [5, 5.41) is 6.17. The van der Waals surface area contributed by atoms with Gasteiger partial charge in [0, 0.05) is 5.56 Å². The van der Waals surface area contributed by atoms with Crippen molar-refractivity contribution in [2.45, 2.75) is 25.3 Å². The molecule has 0 aliphatic rings. The third-order valence-electron chi connectivity index (χ3n) is 4.27. The Bertz CT molecular complexity index is 1160. The summed E-state index contributed by atoms with van der Waals surface area (Å²) in [6.07, 6.45) is -6.92. The minimum atomic E-state index is -5.10. The molecule has 1 aromatic carbocycles. The lowest BCUT2D eigenvalue weighted by Gasteiger charge is -2.17. The zero-order chi connectivity index (χ0) is 24.6. The molecular weight excluding hydrogens is 460 g/mol. The second kappa shape index (κ2) is 8.48. The van der Waals surface area contributed by atoms with Gasteiger partial charge < -0.3 is 11.1 Å². The van der Waals surface area contributed by atoms with E-state index in [1.807, 2.05) is 0 Å². The van der Waals surface area contributed by atoms with Gasteiger partial charge in [-0.2, -0.15) is 36.1 Å². The maximum Gasteiger partial charge on any atom is 0.416 e. The Kier molecular flexibility index (Phi) is 6.07. The summed E-state index contributed by atoms with van der Waals surface area (Å²) in [6, 6.07) is -0.473. The van der Waals surface area contributed by atoms with Crippen molar-refractivity contribution in [2.24, 2.45) is 5.73 Å². The lowest BCUT2D eigenvalue weighted by Crippen LogP contribution is -2.29. The van der Waals surface area contributed by atoms with Crippen LogP contribution in [0.2, 0.25) is 0 Å². The lowest BCUT2D eigenvalue weighted by atomic mass is 10.0. The summed E-state index contributed by atoms with van der Waals surface area (Å²) < 4.78 is 79.4. The van der Waals surface area contributed by atoms with Crippen LogP contribution < -0.4 is 11.1 Å². The molecule has 0 radical (unpaired) electrons. The Morgan fingerprint density at radius 2 is 1.58 bits per heavy atom. The standard InChI is InChI=1S/C18H13F6N7O2/c1-8(15-28-7-29-31(15)13-6-26-12(5-27-13)14(25)32)30-16(33)9-2-10(17(19,20)21)4-11(3-9)18(22,23)24/h2-8H,1H3,(H2,25,32)(H,30,33)/t8-/m0/s1. The fourth-order valence-corrected chi connectivity index (χ4v) is 2.71. The number of hydrogen-bond acceptors (Lipinski definition) is 6. The van der Waals surface area contributed by atoms with Gasteiger partial charge in [0.15, 0.2) is 11.6 Å². The van der Waals surface area contributed by atoms with E-state index in [-0.39, 0.29) is 23.4 Å². The molecule has 33 heavy (non-hydrogen) atoms. The van der Waals surface area contributed by atoms with Crippen LogP contribution in [0, 0.1) is 0 Å². The minimum absolute atomic E-state index is 0.0347. The maximum atomic E-state index is 13.0. The van der Waals surface area contributed by atoms with Gasteiger partial charge in [-0.15, -0.1) is 0 Å². The van der Waals surface area contributed by atoms with E-state index in [4.69, 9.17) is 5.73 Å². The third-order valence-corrected chi connectivity index (χ3v) is 4.27. The summed E-state index contributed by atoms with van der Waals surface area (Å²) in [4.78, 5) is 35.2. The smallest absolute Gasteiger partial charge is 0.364 e. The highest BCUT2D eigenvalue weighted by Crippen LogP contribution is 2.36. The molecule has 0 fully saturated rings. The molecule has 0 spiro atoms. The van der Waals surface area contributed by atoms with Crippen molar-refractivity contribution in [1.29, 1.82) is 0 Å².